The number of hydrogen-bond donors (Lipinski definition) is 1. The van der Waals surface area contributed by atoms with Crippen LogP contribution in [0.1, 0.15) is 49.3 Å². The second kappa shape index (κ2) is 5.26. The van der Waals surface area contributed by atoms with Crippen molar-refractivity contribution in [2.45, 2.75) is 32.6 Å². The van der Waals surface area contributed by atoms with Crippen LogP contribution in [0.25, 0.3) is 0 Å². The van der Waals surface area contributed by atoms with E-state index in [2.05, 4.69) is 39.0 Å². The molecular weight excluding hydrogens is 220 g/mol. The van der Waals surface area contributed by atoms with Crippen molar-refractivity contribution in [3.8, 4) is 5.75 Å². The van der Waals surface area contributed by atoms with E-state index in [1.807, 2.05) is 30.3 Å². The molecule has 0 fully saturated rings. The first-order valence-corrected chi connectivity index (χ1v) is 6.47. The zero-order valence-electron chi connectivity index (χ0n) is 11.2. The lowest BCUT2D eigenvalue weighted by molar-refractivity contribution is 0.465. The summed E-state index contributed by atoms with van der Waals surface area (Å²) in [5.74, 6) is 1.08. The predicted molar refractivity (Wildman–Crippen MR) is 76.2 cm³/mol. The Kier molecular flexibility index (Phi) is 3.71. The molecule has 1 N–H and O–H groups in total. The molecule has 0 aromatic heterocycles. The maximum Gasteiger partial charge on any atom is 0.119 e. The molecule has 0 aliphatic rings. The van der Waals surface area contributed by atoms with Crippen molar-refractivity contribution in [3.63, 3.8) is 0 Å². The minimum atomic E-state index is 0.213. The third-order valence-corrected chi connectivity index (χ3v) is 3.48. The van der Waals surface area contributed by atoms with Gasteiger partial charge in [0.2, 0.25) is 0 Å². The molecular formula is C17H20O. The van der Waals surface area contributed by atoms with E-state index in [0.29, 0.717) is 11.7 Å². The lowest BCUT2D eigenvalue weighted by Crippen LogP contribution is -1.98. The van der Waals surface area contributed by atoms with Crippen molar-refractivity contribution in [1.29, 1.82) is 0 Å². The standard InChI is InChI=1S/C17H20O/c1-12(2)15-9-10-17(18)16(11-15)13(3)14-7-5-4-6-8-14/h4-13,18H,1-3H3. The molecule has 0 saturated carbocycles. The van der Waals surface area contributed by atoms with E-state index in [-0.39, 0.29) is 5.92 Å². The predicted octanol–water partition coefficient (Wildman–Crippen LogP) is 4.67. The van der Waals surface area contributed by atoms with Crippen LogP contribution in [-0.4, -0.2) is 5.11 Å². The molecule has 2 aromatic carbocycles. The number of benzene rings is 2. The molecule has 0 aliphatic carbocycles. The van der Waals surface area contributed by atoms with Crippen LogP contribution in [0.15, 0.2) is 48.5 Å². The van der Waals surface area contributed by atoms with Crippen LogP contribution in [0.4, 0.5) is 0 Å². The molecule has 18 heavy (non-hydrogen) atoms. The van der Waals surface area contributed by atoms with Crippen molar-refractivity contribution >= 4 is 0 Å². The highest BCUT2D eigenvalue weighted by atomic mass is 16.3. The van der Waals surface area contributed by atoms with E-state index >= 15 is 0 Å². The highest BCUT2D eigenvalue weighted by Gasteiger charge is 2.13. The zero-order valence-corrected chi connectivity index (χ0v) is 11.2. The molecule has 0 heterocycles. The smallest absolute Gasteiger partial charge is 0.119 e. The van der Waals surface area contributed by atoms with Crippen molar-refractivity contribution in [1.82, 2.24) is 0 Å². The summed E-state index contributed by atoms with van der Waals surface area (Å²) in [6.07, 6.45) is 0. The van der Waals surface area contributed by atoms with Crippen LogP contribution >= 0.6 is 0 Å². The SMILES string of the molecule is CC(C)c1ccc(O)c(C(C)c2ccccc2)c1. The molecule has 1 heteroatoms. The molecule has 0 amide bonds. The van der Waals surface area contributed by atoms with Gasteiger partial charge in [0, 0.05) is 11.5 Å². The lowest BCUT2D eigenvalue weighted by atomic mass is 9.89. The number of phenols is 1. The highest BCUT2D eigenvalue weighted by molar-refractivity contribution is 5.43. The summed E-state index contributed by atoms with van der Waals surface area (Å²) in [5, 5.41) is 10.0. The Morgan fingerprint density at radius 3 is 2.11 bits per heavy atom. The monoisotopic (exact) mass is 240 g/mol. The van der Waals surface area contributed by atoms with Crippen molar-refractivity contribution in [3.05, 3.63) is 65.2 Å². The van der Waals surface area contributed by atoms with Crippen LogP contribution < -0.4 is 0 Å². The maximum absolute atomic E-state index is 10.0. The third-order valence-electron chi connectivity index (χ3n) is 3.48. The summed E-state index contributed by atoms with van der Waals surface area (Å²) in [6, 6.07) is 16.2. The molecule has 1 unspecified atom stereocenters. The van der Waals surface area contributed by atoms with Crippen molar-refractivity contribution in [2.24, 2.45) is 0 Å². The second-order valence-electron chi connectivity index (χ2n) is 5.11. The van der Waals surface area contributed by atoms with Crippen LogP contribution in [0.5, 0.6) is 5.75 Å². The van der Waals surface area contributed by atoms with Crippen LogP contribution in [0, 0.1) is 0 Å². The van der Waals surface area contributed by atoms with Gasteiger partial charge in [-0.2, -0.15) is 0 Å². The molecule has 2 aromatic rings. The van der Waals surface area contributed by atoms with Crippen LogP contribution in [0.2, 0.25) is 0 Å². The fraction of sp³-hybridized carbons (Fsp3) is 0.294. The van der Waals surface area contributed by atoms with Gasteiger partial charge in [-0.25, -0.2) is 0 Å². The van der Waals surface area contributed by atoms with E-state index in [9.17, 15) is 5.11 Å². The third kappa shape index (κ3) is 2.56. The number of rotatable bonds is 3. The molecule has 0 saturated heterocycles. The average Bonchev–Trinajstić information content (AvgIpc) is 2.39. The number of aromatic hydroxyl groups is 1. The first-order valence-electron chi connectivity index (χ1n) is 6.47. The fourth-order valence-corrected chi connectivity index (χ4v) is 2.20. The summed E-state index contributed by atoms with van der Waals surface area (Å²) in [6.45, 7) is 6.47. The van der Waals surface area contributed by atoms with E-state index in [1.54, 1.807) is 0 Å². The summed E-state index contributed by atoms with van der Waals surface area (Å²) < 4.78 is 0. The minimum absolute atomic E-state index is 0.213. The van der Waals surface area contributed by atoms with Gasteiger partial charge < -0.3 is 5.11 Å². The van der Waals surface area contributed by atoms with E-state index in [4.69, 9.17) is 0 Å². The number of phenolic OH excluding ortho intramolecular Hbond substituents is 1. The Morgan fingerprint density at radius 2 is 1.50 bits per heavy atom. The van der Waals surface area contributed by atoms with E-state index in [0.717, 1.165) is 5.56 Å². The van der Waals surface area contributed by atoms with Crippen LogP contribution in [-0.2, 0) is 0 Å². The molecule has 0 bridgehead atoms. The minimum Gasteiger partial charge on any atom is -0.508 e. The Morgan fingerprint density at radius 1 is 0.833 bits per heavy atom. The molecule has 0 radical (unpaired) electrons. The van der Waals surface area contributed by atoms with Gasteiger partial charge in [-0.1, -0.05) is 63.2 Å². The van der Waals surface area contributed by atoms with Gasteiger partial charge in [0.15, 0.2) is 0 Å². The molecule has 1 nitrogen and oxygen atoms in total. The maximum atomic E-state index is 10.0. The first-order chi connectivity index (χ1) is 8.59. The topological polar surface area (TPSA) is 20.2 Å². The number of hydrogen-bond acceptors (Lipinski definition) is 1. The second-order valence-corrected chi connectivity index (χ2v) is 5.11. The van der Waals surface area contributed by atoms with Gasteiger partial charge in [0.25, 0.3) is 0 Å². The first kappa shape index (κ1) is 12.7. The van der Waals surface area contributed by atoms with E-state index < -0.39 is 0 Å². The fourth-order valence-electron chi connectivity index (χ4n) is 2.20. The molecule has 94 valence electrons. The van der Waals surface area contributed by atoms with Gasteiger partial charge in [-0.15, -0.1) is 0 Å². The Labute approximate surface area is 109 Å². The summed E-state index contributed by atoms with van der Waals surface area (Å²) in [7, 11) is 0. The van der Waals surface area contributed by atoms with Gasteiger partial charge in [-0.3, -0.25) is 0 Å². The summed E-state index contributed by atoms with van der Waals surface area (Å²) >= 11 is 0. The highest BCUT2D eigenvalue weighted by Crippen LogP contribution is 2.33. The molecule has 1 atom stereocenters. The zero-order chi connectivity index (χ0) is 13.1. The van der Waals surface area contributed by atoms with Gasteiger partial charge >= 0.3 is 0 Å². The van der Waals surface area contributed by atoms with Gasteiger partial charge in [0.1, 0.15) is 5.75 Å². The molecule has 2 rings (SSSR count). The van der Waals surface area contributed by atoms with Gasteiger partial charge in [0.05, 0.1) is 0 Å². The molecule has 0 aliphatic heterocycles. The largest absolute Gasteiger partial charge is 0.508 e. The van der Waals surface area contributed by atoms with Crippen molar-refractivity contribution in [2.75, 3.05) is 0 Å². The van der Waals surface area contributed by atoms with E-state index in [1.165, 1.54) is 11.1 Å². The molecule has 0 spiro atoms. The average molecular weight is 240 g/mol. The lowest BCUT2D eigenvalue weighted by Gasteiger charge is -2.16. The van der Waals surface area contributed by atoms with Crippen molar-refractivity contribution < 1.29 is 5.11 Å². The summed E-state index contributed by atoms with van der Waals surface area (Å²) in [4.78, 5) is 0. The Balaban J connectivity index is 2.41. The Bertz CT molecular complexity index is 514. The van der Waals surface area contributed by atoms with Gasteiger partial charge in [-0.05, 0) is 23.1 Å². The Hall–Kier alpha value is -1.76. The van der Waals surface area contributed by atoms with Crippen LogP contribution in [0.3, 0.4) is 0 Å². The normalized spacial score (nSPS) is 12.7. The quantitative estimate of drug-likeness (QED) is 0.826. The summed E-state index contributed by atoms with van der Waals surface area (Å²) in [5.41, 5.74) is 3.51.